The van der Waals surface area contributed by atoms with E-state index in [1.54, 1.807) is 6.92 Å². The zero-order valence-electron chi connectivity index (χ0n) is 10.9. The van der Waals surface area contributed by atoms with Crippen LogP contribution in [0.5, 0.6) is 0 Å². The van der Waals surface area contributed by atoms with Crippen molar-refractivity contribution in [1.82, 2.24) is 5.32 Å². The number of carbonyl (C=O) groups is 1. The normalized spacial score (nSPS) is 13.7. The van der Waals surface area contributed by atoms with E-state index in [4.69, 9.17) is 0 Å². The molecule has 8 heteroatoms. The fourth-order valence-electron chi connectivity index (χ4n) is 1.36. The SMILES string of the molecule is CCC(C)(O)CNC(=O)c1cc(F)c(F)cc1[N+](=O)[O-]. The lowest BCUT2D eigenvalue weighted by Gasteiger charge is -2.21. The van der Waals surface area contributed by atoms with Crippen LogP contribution in [0.3, 0.4) is 0 Å². The maximum atomic E-state index is 13.1. The molecule has 1 aromatic rings. The molecule has 0 radical (unpaired) electrons. The lowest BCUT2D eigenvalue weighted by atomic mass is 10.0. The third kappa shape index (κ3) is 3.70. The van der Waals surface area contributed by atoms with Gasteiger partial charge in [-0.25, -0.2) is 8.78 Å². The molecule has 0 aliphatic heterocycles. The van der Waals surface area contributed by atoms with Crippen molar-refractivity contribution in [2.75, 3.05) is 6.54 Å². The Bertz CT molecular complexity index is 547. The van der Waals surface area contributed by atoms with Gasteiger partial charge in [0.1, 0.15) is 5.56 Å². The second-order valence-electron chi connectivity index (χ2n) is 4.57. The second-order valence-corrected chi connectivity index (χ2v) is 4.57. The number of halogens is 2. The largest absolute Gasteiger partial charge is 0.388 e. The molecule has 0 heterocycles. The summed E-state index contributed by atoms with van der Waals surface area (Å²) in [4.78, 5) is 21.5. The summed E-state index contributed by atoms with van der Waals surface area (Å²) in [5, 5.41) is 22.7. The molecule has 1 atom stereocenters. The molecule has 0 fully saturated rings. The number of benzene rings is 1. The standard InChI is InChI=1S/C12H14F2N2O4/c1-3-12(2,18)6-15-11(17)7-4-8(13)9(14)5-10(7)16(19)20/h4-5,18H,3,6H2,1-2H3,(H,15,17). The third-order valence-electron chi connectivity index (χ3n) is 2.87. The lowest BCUT2D eigenvalue weighted by molar-refractivity contribution is -0.385. The molecule has 0 bridgehead atoms. The van der Waals surface area contributed by atoms with Crippen LogP contribution in [-0.2, 0) is 0 Å². The van der Waals surface area contributed by atoms with Crippen molar-refractivity contribution < 1.29 is 23.6 Å². The molecule has 1 rings (SSSR count). The van der Waals surface area contributed by atoms with Gasteiger partial charge in [-0.1, -0.05) is 6.92 Å². The van der Waals surface area contributed by atoms with Gasteiger partial charge < -0.3 is 10.4 Å². The highest BCUT2D eigenvalue weighted by atomic mass is 19.2. The van der Waals surface area contributed by atoms with Gasteiger partial charge in [-0.15, -0.1) is 0 Å². The molecule has 0 aliphatic carbocycles. The molecule has 2 N–H and O–H groups in total. The third-order valence-corrected chi connectivity index (χ3v) is 2.87. The molecular formula is C12H14F2N2O4. The first-order valence-electron chi connectivity index (χ1n) is 5.82. The van der Waals surface area contributed by atoms with E-state index >= 15 is 0 Å². The van der Waals surface area contributed by atoms with E-state index in [-0.39, 0.29) is 6.54 Å². The number of carbonyl (C=O) groups excluding carboxylic acids is 1. The van der Waals surface area contributed by atoms with Gasteiger partial charge in [0.2, 0.25) is 0 Å². The molecule has 110 valence electrons. The van der Waals surface area contributed by atoms with Crippen LogP contribution in [0.15, 0.2) is 12.1 Å². The number of amides is 1. The molecule has 20 heavy (non-hydrogen) atoms. The average Bonchev–Trinajstić information content (AvgIpc) is 2.38. The Labute approximate surface area is 113 Å². The summed E-state index contributed by atoms with van der Waals surface area (Å²) in [5.74, 6) is -3.72. The van der Waals surface area contributed by atoms with Gasteiger partial charge in [-0.3, -0.25) is 14.9 Å². The summed E-state index contributed by atoms with van der Waals surface area (Å²) in [6, 6.07) is 0.811. The van der Waals surface area contributed by atoms with Crippen LogP contribution in [0.25, 0.3) is 0 Å². The van der Waals surface area contributed by atoms with Crippen LogP contribution in [0, 0.1) is 21.7 Å². The quantitative estimate of drug-likeness (QED) is 0.638. The van der Waals surface area contributed by atoms with Crippen LogP contribution in [0.1, 0.15) is 30.6 Å². The van der Waals surface area contributed by atoms with Crippen LogP contribution < -0.4 is 5.32 Å². The summed E-state index contributed by atoms with van der Waals surface area (Å²) in [7, 11) is 0. The molecule has 0 aliphatic rings. The zero-order chi connectivity index (χ0) is 15.5. The minimum atomic E-state index is -1.41. The highest BCUT2D eigenvalue weighted by Gasteiger charge is 2.25. The van der Waals surface area contributed by atoms with Crippen molar-refractivity contribution in [3.63, 3.8) is 0 Å². The van der Waals surface area contributed by atoms with Crippen LogP contribution >= 0.6 is 0 Å². The van der Waals surface area contributed by atoms with E-state index in [1.807, 2.05) is 0 Å². The average molecular weight is 288 g/mol. The number of hydrogen-bond acceptors (Lipinski definition) is 4. The van der Waals surface area contributed by atoms with E-state index < -0.39 is 39.3 Å². The van der Waals surface area contributed by atoms with Gasteiger partial charge in [0.15, 0.2) is 11.6 Å². The van der Waals surface area contributed by atoms with E-state index in [0.29, 0.717) is 18.6 Å². The molecule has 1 unspecified atom stereocenters. The van der Waals surface area contributed by atoms with E-state index in [1.165, 1.54) is 6.92 Å². The molecular weight excluding hydrogens is 274 g/mol. The Balaban J connectivity index is 3.04. The second kappa shape index (κ2) is 5.91. The summed E-state index contributed by atoms with van der Waals surface area (Å²) >= 11 is 0. The Kier molecular flexibility index (Phi) is 4.72. The first-order valence-corrected chi connectivity index (χ1v) is 5.82. The van der Waals surface area contributed by atoms with E-state index in [2.05, 4.69) is 5.32 Å². The summed E-state index contributed by atoms with van der Waals surface area (Å²) in [6.45, 7) is 2.98. The van der Waals surface area contributed by atoms with Crippen molar-refractivity contribution in [3.8, 4) is 0 Å². The number of nitro groups is 1. The Morgan fingerprint density at radius 2 is 2.00 bits per heavy atom. The van der Waals surface area contributed by atoms with Crippen LogP contribution in [0.2, 0.25) is 0 Å². The van der Waals surface area contributed by atoms with Crippen molar-refractivity contribution in [2.45, 2.75) is 25.9 Å². The minimum Gasteiger partial charge on any atom is -0.388 e. The molecule has 0 saturated carbocycles. The fraction of sp³-hybridized carbons (Fsp3) is 0.417. The van der Waals surface area contributed by atoms with Crippen molar-refractivity contribution in [3.05, 3.63) is 39.4 Å². The van der Waals surface area contributed by atoms with Gasteiger partial charge in [0, 0.05) is 6.54 Å². The van der Waals surface area contributed by atoms with Gasteiger partial charge in [0.25, 0.3) is 11.6 Å². The number of aliphatic hydroxyl groups is 1. The monoisotopic (exact) mass is 288 g/mol. The Morgan fingerprint density at radius 1 is 1.45 bits per heavy atom. The predicted octanol–water partition coefficient (Wildman–Crippen LogP) is 1.76. The summed E-state index contributed by atoms with van der Waals surface area (Å²) in [6.07, 6.45) is 0.340. The van der Waals surface area contributed by atoms with Gasteiger partial charge in [-0.2, -0.15) is 0 Å². The van der Waals surface area contributed by atoms with Crippen molar-refractivity contribution >= 4 is 11.6 Å². The number of nitro benzene ring substituents is 1. The highest BCUT2D eigenvalue weighted by Crippen LogP contribution is 2.22. The lowest BCUT2D eigenvalue weighted by Crippen LogP contribution is -2.40. The zero-order valence-corrected chi connectivity index (χ0v) is 10.9. The van der Waals surface area contributed by atoms with Gasteiger partial charge in [0.05, 0.1) is 16.6 Å². The molecule has 0 spiro atoms. The van der Waals surface area contributed by atoms with Crippen molar-refractivity contribution in [2.24, 2.45) is 0 Å². The summed E-state index contributed by atoms with van der Waals surface area (Å²) < 4.78 is 26.1. The van der Waals surface area contributed by atoms with Crippen LogP contribution in [0.4, 0.5) is 14.5 Å². The number of nitrogens with one attached hydrogen (secondary N) is 1. The Hall–Kier alpha value is -2.09. The fourth-order valence-corrected chi connectivity index (χ4v) is 1.36. The highest BCUT2D eigenvalue weighted by molar-refractivity contribution is 5.98. The first-order chi connectivity index (χ1) is 9.18. The van der Waals surface area contributed by atoms with Gasteiger partial charge in [-0.05, 0) is 19.4 Å². The predicted molar refractivity (Wildman–Crippen MR) is 66.3 cm³/mol. The van der Waals surface area contributed by atoms with Crippen LogP contribution in [-0.4, -0.2) is 28.1 Å². The minimum absolute atomic E-state index is 0.168. The molecule has 0 saturated heterocycles. The maximum absolute atomic E-state index is 13.1. The topological polar surface area (TPSA) is 92.5 Å². The molecule has 1 aromatic carbocycles. The van der Waals surface area contributed by atoms with E-state index in [0.717, 1.165) is 0 Å². The van der Waals surface area contributed by atoms with Gasteiger partial charge >= 0.3 is 0 Å². The Morgan fingerprint density at radius 3 is 2.50 bits per heavy atom. The van der Waals surface area contributed by atoms with Crippen molar-refractivity contribution in [1.29, 1.82) is 0 Å². The molecule has 0 aromatic heterocycles. The molecule has 6 nitrogen and oxygen atoms in total. The smallest absolute Gasteiger partial charge is 0.285 e. The number of hydrogen-bond donors (Lipinski definition) is 2. The first kappa shape index (κ1) is 16.0. The van der Waals surface area contributed by atoms with E-state index in [9.17, 15) is 28.8 Å². The maximum Gasteiger partial charge on any atom is 0.285 e. The summed E-state index contributed by atoms with van der Waals surface area (Å²) in [5.41, 5.74) is -2.62. The number of rotatable bonds is 5. The number of nitrogens with zero attached hydrogens (tertiary/aromatic N) is 1. The molecule has 1 amide bonds.